The van der Waals surface area contributed by atoms with Gasteiger partial charge in [-0.15, -0.1) is 0 Å². The highest BCUT2D eigenvalue weighted by molar-refractivity contribution is 5.94. The third-order valence-corrected chi connectivity index (χ3v) is 9.04. The summed E-state index contributed by atoms with van der Waals surface area (Å²) in [4.78, 5) is 30.2. The highest BCUT2D eigenvalue weighted by Gasteiger charge is 2.40. The number of halogens is 6. The quantitative estimate of drug-likeness (QED) is 0.171. The van der Waals surface area contributed by atoms with Crippen LogP contribution in [0.4, 0.5) is 32.0 Å². The third kappa shape index (κ3) is 8.35. The summed E-state index contributed by atoms with van der Waals surface area (Å²) < 4.78 is 86.5. The van der Waals surface area contributed by atoms with E-state index in [9.17, 15) is 41.2 Å². The van der Waals surface area contributed by atoms with Gasteiger partial charge in [0.25, 0.3) is 0 Å². The Morgan fingerprint density at radius 1 is 0.917 bits per heavy atom. The number of Topliss-reactive ketones (excluding diaryl/α,β-unsaturated/α-hetero) is 1. The fraction of sp³-hybridized carbons (Fsp3) is 0.444. The van der Waals surface area contributed by atoms with E-state index in [1.165, 1.54) is 13.8 Å². The van der Waals surface area contributed by atoms with Crippen LogP contribution in [0, 0.1) is 24.2 Å². The molecule has 1 aliphatic rings. The summed E-state index contributed by atoms with van der Waals surface area (Å²) >= 11 is 0. The number of hydrogen-bond acceptors (Lipinski definition) is 6. The van der Waals surface area contributed by atoms with Crippen LogP contribution in [0.2, 0.25) is 0 Å². The second-order valence-corrected chi connectivity index (χ2v) is 12.7. The first kappa shape index (κ1) is 36.4. The van der Waals surface area contributed by atoms with Gasteiger partial charge < -0.3 is 10.1 Å². The number of carbonyl (C=O) groups excluding carboxylic acids is 2. The molecule has 0 saturated heterocycles. The van der Waals surface area contributed by atoms with Crippen molar-refractivity contribution in [1.82, 2.24) is 4.98 Å². The molecule has 1 heterocycles. The maximum Gasteiger partial charge on any atom is 0.416 e. The van der Waals surface area contributed by atoms with Gasteiger partial charge in [-0.1, -0.05) is 24.3 Å². The van der Waals surface area contributed by atoms with E-state index < -0.39 is 46.8 Å². The number of rotatable bonds is 10. The smallest absolute Gasteiger partial charge is 0.416 e. The van der Waals surface area contributed by atoms with Gasteiger partial charge in [0.05, 0.1) is 35.4 Å². The van der Waals surface area contributed by atoms with Crippen LogP contribution in [0.25, 0.3) is 11.1 Å². The normalized spacial score (nSPS) is 17.0. The van der Waals surface area contributed by atoms with Crippen LogP contribution >= 0.6 is 0 Å². The summed E-state index contributed by atoms with van der Waals surface area (Å²) in [5, 5.41) is 13.2. The van der Waals surface area contributed by atoms with Crippen LogP contribution in [0.5, 0.6) is 0 Å². The Morgan fingerprint density at radius 2 is 1.50 bits per heavy atom. The van der Waals surface area contributed by atoms with Gasteiger partial charge in [-0.05, 0) is 100 Å². The average Bonchev–Trinajstić information content (AvgIpc) is 3.03. The van der Waals surface area contributed by atoms with Crippen LogP contribution in [0.3, 0.4) is 0 Å². The van der Waals surface area contributed by atoms with E-state index in [-0.39, 0.29) is 35.3 Å². The zero-order valence-electron chi connectivity index (χ0n) is 27.1. The molecule has 4 rings (SSSR count). The molecule has 1 aliphatic carbocycles. The van der Waals surface area contributed by atoms with E-state index in [2.05, 4.69) is 16.4 Å². The second kappa shape index (κ2) is 14.4. The summed E-state index contributed by atoms with van der Waals surface area (Å²) in [5.41, 5.74) is -2.09. The number of carbonyl (C=O) groups is 2. The van der Waals surface area contributed by atoms with Gasteiger partial charge in [-0.25, -0.2) is 4.98 Å². The predicted octanol–water partition coefficient (Wildman–Crippen LogP) is 9.15. The van der Waals surface area contributed by atoms with Crippen molar-refractivity contribution in [2.45, 2.75) is 83.5 Å². The highest BCUT2D eigenvalue weighted by atomic mass is 19.4. The van der Waals surface area contributed by atoms with E-state index in [1.54, 1.807) is 6.92 Å². The van der Waals surface area contributed by atoms with Crippen LogP contribution in [0.15, 0.2) is 48.5 Å². The zero-order chi connectivity index (χ0) is 35.4. The number of benzene rings is 2. The topological polar surface area (TPSA) is 92.1 Å². The Bertz CT molecular complexity index is 1670. The molecule has 48 heavy (non-hydrogen) atoms. The third-order valence-electron chi connectivity index (χ3n) is 9.04. The molecule has 2 aromatic carbocycles. The minimum atomic E-state index is -5.06. The van der Waals surface area contributed by atoms with Crippen molar-refractivity contribution < 1.29 is 40.7 Å². The number of aromatic nitrogens is 1. The molecule has 0 unspecified atom stereocenters. The number of anilines is 1. The summed E-state index contributed by atoms with van der Waals surface area (Å²) in [6.07, 6.45) is -6.74. The Balaban J connectivity index is 1.66. The molecule has 0 bridgehead atoms. The average molecular weight is 674 g/mol. The molecule has 6 nitrogen and oxygen atoms in total. The first-order valence-electron chi connectivity index (χ1n) is 15.7. The Labute approximate surface area is 275 Å². The summed E-state index contributed by atoms with van der Waals surface area (Å²) in [5.74, 6) is -0.726. The maximum atomic E-state index is 13.6. The number of ether oxygens (including phenoxy) is 1. The minimum absolute atomic E-state index is 0.00318. The molecule has 256 valence electrons. The van der Waals surface area contributed by atoms with Crippen LogP contribution in [-0.2, 0) is 32.1 Å². The molecule has 0 spiro atoms. The Morgan fingerprint density at radius 3 is 2.04 bits per heavy atom. The number of nitriles is 1. The Hall–Kier alpha value is -4.40. The van der Waals surface area contributed by atoms with Gasteiger partial charge in [-0.3, -0.25) is 9.59 Å². The SMILES string of the molecule is CCOC(=O)CC1CCC(c2cc(-c3ccccc3C)c(NCC(=O)C(C)(C)c3cc(C(F)(F)F)cc(C(F)(F)F)c3)c(C#N)n2)CC1. The lowest BCUT2D eigenvalue weighted by Gasteiger charge is -2.29. The zero-order valence-corrected chi connectivity index (χ0v) is 27.1. The lowest BCUT2D eigenvalue weighted by molar-refractivity contribution is -0.145. The van der Waals surface area contributed by atoms with Crippen molar-refractivity contribution in [2.24, 2.45) is 5.92 Å². The van der Waals surface area contributed by atoms with Crippen LogP contribution in [0.1, 0.15) is 92.4 Å². The van der Waals surface area contributed by atoms with Gasteiger partial charge in [0, 0.05) is 23.6 Å². The van der Waals surface area contributed by atoms with Crippen molar-refractivity contribution in [3.63, 3.8) is 0 Å². The second-order valence-electron chi connectivity index (χ2n) is 12.7. The number of aryl methyl sites for hydroxylation is 1. The molecule has 12 heteroatoms. The monoisotopic (exact) mass is 673 g/mol. The number of hydrogen-bond donors (Lipinski definition) is 1. The fourth-order valence-electron chi connectivity index (χ4n) is 6.11. The van der Waals surface area contributed by atoms with Crippen molar-refractivity contribution >= 4 is 17.4 Å². The van der Waals surface area contributed by atoms with Gasteiger partial charge in [0.15, 0.2) is 11.5 Å². The lowest BCUT2D eigenvalue weighted by atomic mass is 9.78. The minimum Gasteiger partial charge on any atom is -0.466 e. The number of ketones is 1. The molecule has 0 radical (unpaired) electrons. The number of pyridine rings is 1. The highest BCUT2D eigenvalue weighted by Crippen LogP contribution is 2.42. The molecule has 1 N–H and O–H groups in total. The number of alkyl halides is 6. The van der Waals surface area contributed by atoms with Crippen molar-refractivity contribution in [2.75, 3.05) is 18.5 Å². The molecular weight excluding hydrogens is 636 g/mol. The van der Waals surface area contributed by atoms with E-state index in [0.717, 1.165) is 36.8 Å². The van der Waals surface area contributed by atoms with Crippen molar-refractivity contribution in [3.8, 4) is 17.2 Å². The van der Waals surface area contributed by atoms with Gasteiger partial charge in [-0.2, -0.15) is 31.6 Å². The van der Waals surface area contributed by atoms with E-state index in [1.807, 2.05) is 37.3 Å². The molecular formula is C36H37F6N3O3. The molecule has 3 aromatic rings. The molecule has 0 aliphatic heterocycles. The summed E-state index contributed by atoms with van der Waals surface area (Å²) in [6.45, 7) is 5.99. The lowest BCUT2D eigenvalue weighted by Crippen LogP contribution is -2.35. The molecule has 1 saturated carbocycles. The van der Waals surface area contributed by atoms with Crippen LogP contribution < -0.4 is 5.32 Å². The van der Waals surface area contributed by atoms with E-state index in [0.29, 0.717) is 36.4 Å². The van der Waals surface area contributed by atoms with Gasteiger partial charge in [0.1, 0.15) is 6.07 Å². The molecule has 1 fully saturated rings. The largest absolute Gasteiger partial charge is 0.466 e. The molecule has 0 amide bonds. The van der Waals surface area contributed by atoms with Crippen molar-refractivity contribution in [1.29, 1.82) is 5.26 Å². The number of nitrogens with zero attached hydrogens (tertiary/aromatic N) is 2. The predicted molar refractivity (Wildman–Crippen MR) is 168 cm³/mol. The first-order chi connectivity index (χ1) is 22.4. The molecule has 1 aromatic heterocycles. The fourth-order valence-corrected chi connectivity index (χ4v) is 6.11. The maximum absolute atomic E-state index is 13.6. The Kier molecular flexibility index (Phi) is 10.9. The standard InChI is InChI=1S/C36H37F6N3O3/c1-5-48-32(47)14-22-10-12-23(13-11-22)29-18-28(27-9-7-6-8-21(27)2)33(30(19-43)45-29)44-20-31(46)34(3,4)24-15-25(35(37,38)39)17-26(16-24)36(40,41)42/h6-9,15-18,22-23,44H,5,10-14,20H2,1-4H3. The van der Waals surface area contributed by atoms with Gasteiger partial charge >= 0.3 is 18.3 Å². The van der Waals surface area contributed by atoms with Crippen LogP contribution in [-0.4, -0.2) is 29.9 Å². The summed E-state index contributed by atoms with van der Waals surface area (Å²) in [6, 6.07) is 12.5. The van der Waals surface area contributed by atoms with Gasteiger partial charge in [0.2, 0.25) is 0 Å². The molecule has 0 atom stereocenters. The van der Waals surface area contributed by atoms with E-state index >= 15 is 0 Å². The first-order valence-corrected chi connectivity index (χ1v) is 15.7. The van der Waals surface area contributed by atoms with E-state index in [4.69, 9.17) is 4.74 Å². The number of esters is 1. The number of nitrogens with one attached hydrogen (secondary N) is 1. The van der Waals surface area contributed by atoms with Crippen molar-refractivity contribution in [3.05, 3.63) is 82.2 Å². The summed E-state index contributed by atoms with van der Waals surface area (Å²) in [7, 11) is 0.